The lowest BCUT2D eigenvalue weighted by Gasteiger charge is -2.30. The van der Waals surface area contributed by atoms with E-state index < -0.39 is 0 Å². The number of benzene rings is 1. The predicted molar refractivity (Wildman–Crippen MR) is 105 cm³/mol. The molecule has 1 aliphatic rings. The van der Waals surface area contributed by atoms with Crippen molar-refractivity contribution in [3.8, 4) is 0 Å². The summed E-state index contributed by atoms with van der Waals surface area (Å²) >= 11 is 0. The molecule has 26 heavy (non-hydrogen) atoms. The van der Waals surface area contributed by atoms with Crippen molar-refractivity contribution < 1.29 is 4.79 Å². The van der Waals surface area contributed by atoms with E-state index in [2.05, 4.69) is 48.4 Å². The van der Waals surface area contributed by atoms with Crippen LogP contribution in [0.1, 0.15) is 50.1 Å². The molecule has 0 radical (unpaired) electrons. The first-order valence-corrected chi connectivity index (χ1v) is 9.39. The van der Waals surface area contributed by atoms with Gasteiger partial charge in [-0.05, 0) is 24.0 Å². The van der Waals surface area contributed by atoms with Crippen LogP contribution >= 0.6 is 0 Å². The summed E-state index contributed by atoms with van der Waals surface area (Å²) in [5.74, 6) is 1.74. The van der Waals surface area contributed by atoms with Crippen LogP contribution in [0.25, 0.3) is 0 Å². The lowest BCUT2D eigenvalue weighted by atomic mass is 10.1. The number of nitrogen functional groups attached to an aromatic ring is 1. The fraction of sp³-hybridized carbons (Fsp3) is 0.450. The molecular weight excluding hydrogens is 326 g/mol. The minimum atomic E-state index is -0.0850. The molecule has 2 heterocycles. The number of nitrogens with one attached hydrogen (secondary N) is 1. The number of nitrogens with two attached hydrogens (primary N) is 1. The first-order chi connectivity index (χ1) is 12.6. The van der Waals surface area contributed by atoms with E-state index in [1.54, 1.807) is 0 Å². The van der Waals surface area contributed by atoms with Crippen LogP contribution in [-0.4, -0.2) is 22.4 Å². The molecule has 0 saturated heterocycles. The van der Waals surface area contributed by atoms with Crippen LogP contribution in [0.3, 0.4) is 0 Å². The van der Waals surface area contributed by atoms with Gasteiger partial charge in [0.25, 0.3) is 0 Å². The maximum absolute atomic E-state index is 12.1. The molecule has 2 aromatic rings. The van der Waals surface area contributed by atoms with Gasteiger partial charge in [-0.1, -0.05) is 51.0 Å². The first-order valence-electron chi connectivity index (χ1n) is 9.39. The van der Waals surface area contributed by atoms with Crippen LogP contribution in [0.5, 0.6) is 0 Å². The molecule has 6 heteroatoms. The molecule has 0 spiro atoms. The molecule has 138 valence electrons. The molecule has 0 unspecified atom stereocenters. The molecule has 1 aromatic carbocycles. The molecule has 3 rings (SSSR count). The molecule has 0 bridgehead atoms. The Balaban J connectivity index is 1.89. The van der Waals surface area contributed by atoms with Gasteiger partial charge in [-0.2, -0.15) is 0 Å². The Labute approximate surface area is 154 Å². The first kappa shape index (κ1) is 18.2. The van der Waals surface area contributed by atoms with E-state index in [9.17, 15) is 4.79 Å². The maximum atomic E-state index is 12.1. The molecule has 6 nitrogen and oxygen atoms in total. The summed E-state index contributed by atoms with van der Waals surface area (Å²) < 4.78 is 0. The highest BCUT2D eigenvalue weighted by atomic mass is 16.2. The Morgan fingerprint density at radius 3 is 2.77 bits per heavy atom. The number of rotatable bonds is 7. The van der Waals surface area contributed by atoms with Gasteiger partial charge in [-0.3, -0.25) is 4.79 Å². The van der Waals surface area contributed by atoms with Gasteiger partial charge in [-0.15, -0.1) is 0 Å². The summed E-state index contributed by atoms with van der Waals surface area (Å²) in [5.41, 5.74) is 9.10. The number of hydrogen-bond acceptors (Lipinski definition) is 5. The number of amides is 1. The van der Waals surface area contributed by atoms with Gasteiger partial charge in [0.15, 0.2) is 11.6 Å². The van der Waals surface area contributed by atoms with Crippen molar-refractivity contribution in [3.63, 3.8) is 0 Å². The Hall–Kier alpha value is -2.63. The van der Waals surface area contributed by atoms with Crippen molar-refractivity contribution in [2.45, 2.75) is 52.5 Å². The summed E-state index contributed by atoms with van der Waals surface area (Å²) in [6, 6.07) is 8.44. The van der Waals surface area contributed by atoms with E-state index in [0.29, 0.717) is 18.1 Å². The van der Waals surface area contributed by atoms with Gasteiger partial charge in [0.05, 0.1) is 6.54 Å². The molecule has 0 fully saturated rings. The smallest absolute Gasteiger partial charge is 0.244 e. The zero-order valence-corrected chi connectivity index (χ0v) is 15.6. The lowest BCUT2D eigenvalue weighted by molar-refractivity contribution is -0.115. The van der Waals surface area contributed by atoms with Crippen molar-refractivity contribution in [1.29, 1.82) is 0 Å². The number of anilines is 3. The molecule has 0 saturated carbocycles. The van der Waals surface area contributed by atoms with Gasteiger partial charge < -0.3 is 16.0 Å². The van der Waals surface area contributed by atoms with Crippen molar-refractivity contribution in [3.05, 3.63) is 41.2 Å². The van der Waals surface area contributed by atoms with Gasteiger partial charge in [0.1, 0.15) is 11.5 Å². The SMILES string of the molecule is CCCCCc1nc(N)c2c(n1)N(Cc1cccc(CC)c1)CC(=O)N2. The molecule has 1 amide bonds. The topological polar surface area (TPSA) is 84.1 Å². The van der Waals surface area contributed by atoms with Gasteiger partial charge in [0.2, 0.25) is 5.91 Å². The van der Waals surface area contributed by atoms with Crippen LogP contribution in [0, 0.1) is 0 Å². The highest BCUT2D eigenvalue weighted by molar-refractivity contribution is 6.02. The minimum absolute atomic E-state index is 0.0850. The zero-order valence-electron chi connectivity index (χ0n) is 15.6. The van der Waals surface area contributed by atoms with Crippen LogP contribution in [0.4, 0.5) is 17.3 Å². The van der Waals surface area contributed by atoms with Crippen molar-refractivity contribution in [2.75, 3.05) is 22.5 Å². The Kier molecular flexibility index (Phi) is 5.71. The summed E-state index contributed by atoms with van der Waals surface area (Å²) in [5, 5.41) is 2.83. The number of aryl methyl sites for hydroxylation is 2. The molecule has 1 aliphatic heterocycles. The molecule has 0 atom stereocenters. The standard InChI is InChI=1S/C20H27N5O/c1-3-5-6-10-16-22-19(21)18-20(23-16)25(13-17(26)24-18)12-15-9-7-8-14(4-2)11-15/h7-9,11H,3-6,10,12-13H2,1-2H3,(H,24,26)(H2,21,22,23). The average molecular weight is 353 g/mol. The van der Waals surface area contributed by atoms with Crippen molar-refractivity contribution in [2.24, 2.45) is 0 Å². The van der Waals surface area contributed by atoms with Crippen molar-refractivity contribution in [1.82, 2.24) is 9.97 Å². The molecule has 0 aliphatic carbocycles. The van der Waals surface area contributed by atoms with E-state index in [1.807, 2.05) is 4.90 Å². The van der Waals surface area contributed by atoms with Crippen LogP contribution in [0.15, 0.2) is 24.3 Å². The number of nitrogens with zero attached hydrogens (tertiary/aromatic N) is 3. The lowest BCUT2D eigenvalue weighted by Crippen LogP contribution is -2.39. The van der Waals surface area contributed by atoms with E-state index >= 15 is 0 Å². The quantitative estimate of drug-likeness (QED) is 0.746. The van der Waals surface area contributed by atoms with Crippen molar-refractivity contribution >= 4 is 23.2 Å². The van der Waals surface area contributed by atoms with Gasteiger partial charge in [0, 0.05) is 13.0 Å². The van der Waals surface area contributed by atoms with E-state index in [4.69, 9.17) is 10.7 Å². The van der Waals surface area contributed by atoms with E-state index in [-0.39, 0.29) is 12.5 Å². The van der Waals surface area contributed by atoms with Gasteiger partial charge in [-0.25, -0.2) is 9.97 Å². The molecule has 1 aromatic heterocycles. The molecular formula is C20H27N5O. The third-order valence-electron chi connectivity index (χ3n) is 4.64. The Morgan fingerprint density at radius 2 is 2.00 bits per heavy atom. The summed E-state index contributed by atoms with van der Waals surface area (Å²) in [6.45, 7) is 5.20. The third-order valence-corrected chi connectivity index (χ3v) is 4.64. The largest absolute Gasteiger partial charge is 0.382 e. The second kappa shape index (κ2) is 8.17. The third kappa shape index (κ3) is 4.12. The van der Waals surface area contributed by atoms with E-state index in [0.717, 1.165) is 49.3 Å². The maximum Gasteiger partial charge on any atom is 0.244 e. The highest BCUT2D eigenvalue weighted by Crippen LogP contribution is 2.33. The highest BCUT2D eigenvalue weighted by Gasteiger charge is 2.27. The minimum Gasteiger partial charge on any atom is -0.382 e. The Bertz CT molecular complexity index is 790. The summed E-state index contributed by atoms with van der Waals surface area (Å²) in [4.78, 5) is 23.2. The second-order valence-electron chi connectivity index (χ2n) is 6.76. The number of fused-ring (bicyclic) bond motifs is 1. The Morgan fingerprint density at radius 1 is 1.19 bits per heavy atom. The van der Waals surface area contributed by atoms with E-state index in [1.165, 1.54) is 5.56 Å². The number of carbonyl (C=O) groups is 1. The average Bonchev–Trinajstić information content (AvgIpc) is 2.63. The normalized spacial score (nSPS) is 13.5. The number of hydrogen-bond donors (Lipinski definition) is 2. The summed E-state index contributed by atoms with van der Waals surface area (Å²) in [6.07, 6.45) is 5.13. The summed E-state index contributed by atoms with van der Waals surface area (Å²) in [7, 11) is 0. The fourth-order valence-electron chi connectivity index (χ4n) is 3.23. The monoisotopic (exact) mass is 353 g/mol. The fourth-order valence-corrected chi connectivity index (χ4v) is 3.23. The van der Waals surface area contributed by atoms with Crippen LogP contribution < -0.4 is 16.0 Å². The van der Waals surface area contributed by atoms with Crippen LogP contribution in [0.2, 0.25) is 0 Å². The molecule has 3 N–H and O–H groups in total. The predicted octanol–water partition coefficient (Wildman–Crippen LogP) is 3.31. The van der Waals surface area contributed by atoms with Gasteiger partial charge >= 0.3 is 0 Å². The van der Waals surface area contributed by atoms with Crippen LogP contribution in [-0.2, 0) is 24.2 Å². The second-order valence-corrected chi connectivity index (χ2v) is 6.76. The number of unbranched alkanes of at least 4 members (excludes halogenated alkanes) is 2. The zero-order chi connectivity index (χ0) is 18.5. The number of aromatic nitrogens is 2. The number of carbonyl (C=O) groups excluding carboxylic acids is 1.